The number of benzene rings is 1. The number of rotatable bonds is 6. The Bertz CT molecular complexity index is 429. The fraction of sp³-hybridized carbons (Fsp3) is 0.625. The van der Waals surface area contributed by atoms with Crippen LogP contribution in [0, 0.1) is 5.92 Å². The van der Waals surface area contributed by atoms with Crippen LogP contribution in [0.5, 0.6) is 0 Å². The van der Waals surface area contributed by atoms with Crippen LogP contribution in [0.1, 0.15) is 45.2 Å². The molecule has 0 aliphatic heterocycles. The zero-order valence-corrected chi connectivity index (χ0v) is 14.0. The fourth-order valence-corrected chi connectivity index (χ4v) is 3.34. The zero-order valence-electron chi connectivity index (χ0n) is 12.4. The molecule has 0 radical (unpaired) electrons. The predicted molar refractivity (Wildman–Crippen MR) is 86.8 cm³/mol. The molecule has 3 heteroatoms. The summed E-state index contributed by atoms with van der Waals surface area (Å²) in [6.07, 6.45) is 2.78. The van der Waals surface area contributed by atoms with Crippen molar-refractivity contribution in [3.8, 4) is 0 Å². The first-order chi connectivity index (χ1) is 9.04. The Kier molecular flexibility index (Phi) is 4.91. The molecule has 0 spiro atoms. The molecule has 2 atom stereocenters. The van der Waals surface area contributed by atoms with Gasteiger partial charge in [0.05, 0.1) is 0 Å². The standard InChI is InChI=1S/C16H25BrN2/c1-5-18-11(2)15-9-8-14(10-16(15)17)19(4)12(3)13-6-7-13/h8-13,18H,5-7H2,1-4H3. The van der Waals surface area contributed by atoms with Crippen LogP contribution in [0.15, 0.2) is 22.7 Å². The van der Waals surface area contributed by atoms with E-state index >= 15 is 0 Å². The Morgan fingerprint density at radius 2 is 2.05 bits per heavy atom. The number of nitrogens with zero attached hydrogens (tertiary/aromatic N) is 1. The average molecular weight is 325 g/mol. The molecule has 0 saturated heterocycles. The fourth-order valence-electron chi connectivity index (χ4n) is 2.63. The van der Waals surface area contributed by atoms with E-state index in [2.05, 4.69) is 72.2 Å². The van der Waals surface area contributed by atoms with E-state index in [-0.39, 0.29) is 0 Å². The van der Waals surface area contributed by atoms with Crippen LogP contribution >= 0.6 is 15.9 Å². The van der Waals surface area contributed by atoms with Crippen LogP contribution in [-0.2, 0) is 0 Å². The monoisotopic (exact) mass is 324 g/mol. The van der Waals surface area contributed by atoms with Gasteiger partial charge < -0.3 is 10.2 Å². The van der Waals surface area contributed by atoms with Crippen molar-refractivity contribution in [3.63, 3.8) is 0 Å². The van der Waals surface area contributed by atoms with E-state index in [1.807, 2.05) is 0 Å². The third-order valence-electron chi connectivity index (χ3n) is 4.28. The second-order valence-corrected chi connectivity index (χ2v) is 6.53. The summed E-state index contributed by atoms with van der Waals surface area (Å²) in [5.74, 6) is 0.893. The average Bonchev–Trinajstić information content (AvgIpc) is 3.21. The van der Waals surface area contributed by atoms with Crippen molar-refractivity contribution >= 4 is 21.6 Å². The Hall–Kier alpha value is -0.540. The molecule has 1 aromatic rings. The van der Waals surface area contributed by atoms with Crippen molar-refractivity contribution in [2.75, 3.05) is 18.5 Å². The molecule has 1 N–H and O–H groups in total. The number of anilines is 1. The highest BCUT2D eigenvalue weighted by atomic mass is 79.9. The number of halogens is 1. The molecule has 2 rings (SSSR count). The van der Waals surface area contributed by atoms with Crippen LogP contribution in [0.3, 0.4) is 0 Å². The summed E-state index contributed by atoms with van der Waals surface area (Å²) in [5, 5.41) is 3.46. The molecule has 19 heavy (non-hydrogen) atoms. The highest BCUT2D eigenvalue weighted by molar-refractivity contribution is 9.10. The van der Waals surface area contributed by atoms with Gasteiger partial charge in [-0.3, -0.25) is 0 Å². The van der Waals surface area contributed by atoms with Gasteiger partial charge in [0.1, 0.15) is 0 Å². The Balaban J connectivity index is 2.13. The number of hydrogen-bond donors (Lipinski definition) is 1. The van der Waals surface area contributed by atoms with E-state index in [1.54, 1.807) is 0 Å². The molecule has 1 fully saturated rings. The molecule has 2 nitrogen and oxygen atoms in total. The van der Waals surface area contributed by atoms with Gasteiger partial charge in [-0.05, 0) is 56.8 Å². The number of hydrogen-bond acceptors (Lipinski definition) is 2. The summed E-state index contributed by atoms with van der Waals surface area (Å²) in [7, 11) is 2.21. The van der Waals surface area contributed by atoms with E-state index in [0.717, 1.165) is 12.5 Å². The van der Waals surface area contributed by atoms with Crippen molar-refractivity contribution < 1.29 is 0 Å². The summed E-state index contributed by atoms with van der Waals surface area (Å²) in [4.78, 5) is 2.41. The maximum absolute atomic E-state index is 3.72. The van der Waals surface area contributed by atoms with E-state index < -0.39 is 0 Å². The second kappa shape index (κ2) is 6.27. The van der Waals surface area contributed by atoms with Crippen molar-refractivity contribution in [3.05, 3.63) is 28.2 Å². The first-order valence-electron chi connectivity index (χ1n) is 7.30. The van der Waals surface area contributed by atoms with Crippen LogP contribution in [0.4, 0.5) is 5.69 Å². The van der Waals surface area contributed by atoms with Crippen molar-refractivity contribution in [1.82, 2.24) is 5.32 Å². The van der Waals surface area contributed by atoms with Crippen LogP contribution in [0.25, 0.3) is 0 Å². The van der Waals surface area contributed by atoms with E-state index in [0.29, 0.717) is 12.1 Å². The third-order valence-corrected chi connectivity index (χ3v) is 4.97. The van der Waals surface area contributed by atoms with Gasteiger partial charge in [0, 0.05) is 29.3 Å². The minimum Gasteiger partial charge on any atom is -0.372 e. The minimum atomic E-state index is 0.389. The third kappa shape index (κ3) is 3.51. The molecule has 0 amide bonds. The van der Waals surface area contributed by atoms with Crippen LogP contribution in [-0.4, -0.2) is 19.6 Å². The van der Waals surface area contributed by atoms with Gasteiger partial charge >= 0.3 is 0 Å². The zero-order chi connectivity index (χ0) is 14.0. The van der Waals surface area contributed by atoms with Gasteiger partial charge in [-0.15, -0.1) is 0 Å². The lowest BCUT2D eigenvalue weighted by molar-refractivity contribution is 0.594. The molecule has 0 bridgehead atoms. The first kappa shape index (κ1) is 14.9. The number of nitrogens with one attached hydrogen (secondary N) is 1. The molecule has 0 aromatic heterocycles. The second-order valence-electron chi connectivity index (χ2n) is 5.67. The summed E-state index contributed by atoms with van der Waals surface area (Å²) >= 11 is 3.72. The molecular formula is C16H25BrN2. The quantitative estimate of drug-likeness (QED) is 0.836. The van der Waals surface area contributed by atoms with Crippen LogP contribution < -0.4 is 10.2 Å². The Morgan fingerprint density at radius 3 is 2.58 bits per heavy atom. The van der Waals surface area contributed by atoms with Gasteiger partial charge in [-0.1, -0.05) is 28.9 Å². The maximum Gasteiger partial charge on any atom is 0.0377 e. The van der Waals surface area contributed by atoms with E-state index in [1.165, 1.54) is 28.6 Å². The van der Waals surface area contributed by atoms with Gasteiger partial charge in [-0.25, -0.2) is 0 Å². The molecule has 1 aromatic carbocycles. The molecule has 106 valence electrons. The van der Waals surface area contributed by atoms with E-state index in [9.17, 15) is 0 Å². The predicted octanol–water partition coefficient (Wildman–Crippen LogP) is 4.35. The minimum absolute atomic E-state index is 0.389. The van der Waals surface area contributed by atoms with Crippen LogP contribution in [0.2, 0.25) is 0 Å². The smallest absolute Gasteiger partial charge is 0.0377 e. The molecule has 1 aliphatic carbocycles. The summed E-state index contributed by atoms with van der Waals surface area (Å²) in [6, 6.07) is 7.76. The normalized spacial score (nSPS) is 18.2. The van der Waals surface area contributed by atoms with Crippen molar-refractivity contribution in [1.29, 1.82) is 0 Å². The highest BCUT2D eigenvalue weighted by Gasteiger charge is 2.30. The summed E-state index contributed by atoms with van der Waals surface area (Å²) < 4.78 is 1.20. The Labute approximate surface area is 125 Å². The highest BCUT2D eigenvalue weighted by Crippen LogP contribution is 2.37. The first-order valence-corrected chi connectivity index (χ1v) is 8.09. The Morgan fingerprint density at radius 1 is 1.37 bits per heavy atom. The topological polar surface area (TPSA) is 15.3 Å². The van der Waals surface area contributed by atoms with E-state index in [4.69, 9.17) is 0 Å². The molecule has 1 aliphatic rings. The lowest BCUT2D eigenvalue weighted by Gasteiger charge is -2.28. The summed E-state index contributed by atoms with van der Waals surface area (Å²) in [6.45, 7) is 7.68. The van der Waals surface area contributed by atoms with Gasteiger partial charge in [0.25, 0.3) is 0 Å². The molecule has 2 unspecified atom stereocenters. The lowest BCUT2D eigenvalue weighted by atomic mass is 10.1. The van der Waals surface area contributed by atoms with Crippen molar-refractivity contribution in [2.24, 2.45) is 5.92 Å². The maximum atomic E-state index is 3.72. The van der Waals surface area contributed by atoms with Gasteiger partial charge in [-0.2, -0.15) is 0 Å². The van der Waals surface area contributed by atoms with Crippen molar-refractivity contribution in [2.45, 2.75) is 45.7 Å². The van der Waals surface area contributed by atoms with Gasteiger partial charge in [0.2, 0.25) is 0 Å². The SMILES string of the molecule is CCNC(C)c1ccc(N(C)C(C)C2CC2)cc1Br. The summed E-state index contributed by atoms with van der Waals surface area (Å²) in [5.41, 5.74) is 2.64. The largest absolute Gasteiger partial charge is 0.372 e. The molecule has 1 saturated carbocycles. The molecule has 0 heterocycles. The lowest BCUT2D eigenvalue weighted by Crippen LogP contribution is -2.30. The van der Waals surface area contributed by atoms with Gasteiger partial charge in [0.15, 0.2) is 0 Å². The molecular weight excluding hydrogens is 300 g/mol.